The van der Waals surface area contributed by atoms with E-state index < -0.39 is 17.9 Å². The number of carboxylic acid groups (broad SMARTS) is 1. The number of carboxylic acids is 1. The van der Waals surface area contributed by atoms with Crippen LogP contribution in [0.15, 0.2) is 12.4 Å². The van der Waals surface area contributed by atoms with Crippen LogP contribution in [-0.4, -0.2) is 39.1 Å². The molecule has 0 aliphatic carbocycles. The van der Waals surface area contributed by atoms with E-state index in [9.17, 15) is 9.59 Å². The summed E-state index contributed by atoms with van der Waals surface area (Å²) >= 11 is 0. The van der Waals surface area contributed by atoms with Crippen LogP contribution in [0.5, 0.6) is 0 Å². The number of aliphatic carboxylic acids is 1. The molecule has 1 amide bonds. The molecule has 1 aromatic heterocycles. The molecule has 2 atom stereocenters. The average Bonchev–Trinajstić information content (AvgIpc) is 2.74. The summed E-state index contributed by atoms with van der Waals surface area (Å²) < 4.78 is 0. The van der Waals surface area contributed by atoms with Gasteiger partial charge in [-0.2, -0.15) is 5.10 Å². The fourth-order valence-electron chi connectivity index (χ4n) is 2.18. The minimum absolute atomic E-state index is 0.0244. The van der Waals surface area contributed by atoms with Crippen LogP contribution in [0.2, 0.25) is 0 Å². The quantitative estimate of drug-likeness (QED) is 0.760. The number of amides is 1. The van der Waals surface area contributed by atoms with Crippen LogP contribution in [-0.2, 0) is 9.59 Å². The number of nitrogens with one attached hydrogen (secondary N) is 1. The Morgan fingerprint density at radius 2 is 2.44 bits per heavy atom. The number of piperidine rings is 1. The van der Waals surface area contributed by atoms with Gasteiger partial charge >= 0.3 is 5.97 Å². The van der Waals surface area contributed by atoms with E-state index in [4.69, 9.17) is 5.11 Å². The Labute approximate surface area is 92.3 Å². The summed E-state index contributed by atoms with van der Waals surface area (Å²) in [6.07, 6.45) is 3.88. The van der Waals surface area contributed by atoms with Gasteiger partial charge in [0.2, 0.25) is 5.91 Å². The summed E-state index contributed by atoms with van der Waals surface area (Å²) in [5.74, 6) is -1.45. The third-order valence-corrected chi connectivity index (χ3v) is 3.04. The lowest BCUT2D eigenvalue weighted by molar-refractivity contribution is -0.150. The molecule has 2 rings (SSSR count). The van der Waals surface area contributed by atoms with Gasteiger partial charge in [-0.15, -0.1) is 0 Å². The van der Waals surface area contributed by atoms with Gasteiger partial charge in [0.15, 0.2) is 0 Å². The van der Waals surface area contributed by atoms with Crippen molar-refractivity contribution in [1.82, 2.24) is 15.1 Å². The third kappa shape index (κ3) is 1.66. The number of aromatic amines is 1. The lowest BCUT2D eigenvalue weighted by atomic mass is 9.86. The van der Waals surface area contributed by atoms with Crippen LogP contribution in [0, 0.1) is 5.92 Å². The van der Waals surface area contributed by atoms with Gasteiger partial charge in [-0.05, 0) is 6.42 Å². The monoisotopic (exact) mass is 223 g/mol. The molecule has 2 N–H and O–H groups in total. The van der Waals surface area contributed by atoms with Crippen LogP contribution >= 0.6 is 0 Å². The molecular formula is C10H13N3O3. The van der Waals surface area contributed by atoms with Crippen molar-refractivity contribution in [2.75, 3.05) is 7.05 Å². The maximum Gasteiger partial charge on any atom is 0.308 e. The van der Waals surface area contributed by atoms with Gasteiger partial charge in [-0.25, -0.2) is 0 Å². The van der Waals surface area contributed by atoms with Crippen molar-refractivity contribution in [3.8, 4) is 0 Å². The Morgan fingerprint density at radius 3 is 3.00 bits per heavy atom. The highest BCUT2D eigenvalue weighted by molar-refractivity contribution is 5.81. The van der Waals surface area contributed by atoms with Crippen molar-refractivity contribution < 1.29 is 14.7 Å². The zero-order valence-electron chi connectivity index (χ0n) is 8.88. The molecule has 1 fully saturated rings. The van der Waals surface area contributed by atoms with Crippen molar-refractivity contribution in [3.05, 3.63) is 18.0 Å². The molecule has 0 bridgehead atoms. The van der Waals surface area contributed by atoms with E-state index >= 15 is 0 Å². The minimum Gasteiger partial charge on any atom is -0.481 e. The van der Waals surface area contributed by atoms with E-state index in [-0.39, 0.29) is 5.91 Å². The Kier molecular flexibility index (Phi) is 2.64. The van der Waals surface area contributed by atoms with Crippen molar-refractivity contribution in [2.45, 2.75) is 18.9 Å². The van der Waals surface area contributed by atoms with Crippen LogP contribution in [0.1, 0.15) is 24.4 Å². The number of rotatable bonds is 2. The van der Waals surface area contributed by atoms with E-state index in [1.54, 1.807) is 19.4 Å². The molecule has 2 heterocycles. The van der Waals surface area contributed by atoms with Crippen molar-refractivity contribution in [1.29, 1.82) is 0 Å². The summed E-state index contributed by atoms with van der Waals surface area (Å²) in [6, 6.07) is -0.419. The summed E-state index contributed by atoms with van der Waals surface area (Å²) in [4.78, 5) is 24.2. The molecule has 0 spiro atoms. The molecule has 0 aromatic carbocycles. The topological polar surface area (TPSA) is 86.3 Å². The highest BCUT2D eigenvalue weighted by atomic mass is 16.4. The summed E-state index contributed by atoms with van der Waals surface area (Å²) in [5, 5.41) is 15.6. The number of likely N-dealkylation sites (tertiary alicyclic amines) is 1. The first-order chi connectivity index (χ1) is 7.61. The zero-order valence-corrected chi connectivity index (χ0v) is 8.88. The largest absolute Gasteiger partial charge is 0.481 e. The zero-order chi connectivity index (χ0) is 11.7. The van der Waals surface area contributed by atoms with Crippen LogP contribution < -0.4 is 0 Å². The molecule has 1 aromatic rings. The van der Waals surface area contributed by atoms with Crippen molar-refractivity contribution >= 4 is 11.9 Å². The highest BCUT2D eigenvalue weighted by Gasteiger charge is 2.39. The molecule has 6 nitrogen and oxygen atoms in total. The number of hydrogen-bond acceptors (Lipinski definition) is 3. The predicted molar refractivity (Wildman–Crippen MR) is 54.5 cm³/mol. The lowest BCUT2D eigenvalue weighted by Crippen LogP contribution is -2.42. The second-order valence-corrected chi connectivity index (χ2v) is 3.96. The Bertz CT molecular complexity index is 401. The number of carbonyl (C=O) groups is 2. The normalized spacial score (nSPS) is 25.8. The van der Waals surface area contributed by atoms with Crippen LogP contribution in [0.25, 0.3) is 0 Å². The Morgan fingerprint density at radius 1 is 1.69 bits per heavy atom. The van der Waals surface area contributed by atoms with E-state index in [1.165, 1.54) is 4.90 Å². The number of hydrogen-bond donors (Lipinski definition) is 2. The second-order valence-electron chi connectivity index (χ2n) is 3.96. The maximum atomic E-state index is 11.6. The fourth-order valence-corrected chi connectivity index (χ4v) is 2.18. The van der Waals surface area contributed by atoms with Gasteiger partial charge in [0.25, 0.3) is 0 Å². The molecule has 1 aliphatic rings. The van der Waals surface area contributed by atoms with Gasteiger partial charge in [-0.1, -0.05) is 0 Å². The van der Waals surface area contributed by atoms with Gasteiger partial charge < -0.3 is 10.0 Å². The van der Waals surface area contributed by atoms with E-state index in [0.717, 1.165) is 5.56 Å². The second kappa shape index (κ2) is 3.96. The first-order valence-corrected chi connectivity index (χ1v) is 5.08. The summed E-state index contributed by atoms with van der Waals surface area (Å²) in [7, 11) is 1.63. The standard InChI is InChI=1S/C10H13N3O3/c1-13-8(14)3-2-7(10(15)16)9(13)6-4-11-12-5-6/h4-5,7,9H,2-3H2,1H3,(H,11,12)(H,15,16)/t7-,9+/m1/s1. The molecule has 86 valence electrons. The van der Waals surface area contributed by atoms with Crippen molar-refractivity contribution in [3.63, 3.8) is 0 Å². The third-order valence-electron chi connectivity index (χ3n) is 3.04. The fraction of sp³-hybridized carbons (Fsp3) is 0.500. The van der Waals surface area contributed by atoms with Gasteiger partial charge in [0, 0.05) is 25.2 Å². The lowest BCUT2D eigenvalue weighted by Gasteiger charge is -2.36. The van der Waals surface area contributed by atoms with E-state index in [0.29, 0.717) is 12.8 Å². The molecule has 0 unspecified atom stereocenters. The maximum absolute atomic E-state index is 11.6. The first kappa shape index (κ1) is 10.7. The van der Waals surface area contributed by atoms with Crippen LogP contribution in [0.3, 0.4) is 0 Å². The van der Waals surface area contributed by atoms with Gasteiger partial charge in [0.1, 0.15) is 0 Å². The average molecular weight is 223 g/mol. The minimum atomic E-state index is -0.870. The first-order valence-electron chi connectivity index (χ1n) is 5.08. The molecule has 1 aliphatic heterocycles. The van der Waals surface area contributed by atoms with Gasteiger partial charge in [0.05, 0.1) is 18.2 Å². The summed E-state index contributed by atoms with van der Waals surface area (Å²) in [5.41, 5.74) is 0.739. The molecule has 0 radical (unpaired) electrons. The van der Waals surface area contributed by atoms with E-state index in [1.807, 2.05) is 0 Å². The smallest absolute Gasteiger partial charge is 0.308 e. The predicted octanol–water partition coefficient (Wildman–Crippen LogP) is 0.404. The Balaban J connectivity index is 2.34. The Hall–Kier alpha value is -1.85. The number of aromatic nitrogens is 2. The molecule has 0 saturated carbocycles. The van der Waals surface area contributed by atoms with Crippen molar-refractivity contribution in [2.24, 2.45) is 5.92 Å². The van der Waals surface area contributed by atoms with Gasteiger partial charge in [-0.3, -0.25) is 14.7 Å². The molecule has 16 heavy (non-hydrogen) atoms. The van der Waals surface area contributed by atoms with E-state index in [2.05, 4.69) is 10.2 Å². The number of H-pyrrole nitrogens is 1. The number of carbonyl (C=O) groups excluding carboxylic acids is 1. The molecular weight excluding hydrogens is 210 g/mol. The number of nitrogens with zero attached hydrogens (tertiary/aromatic N) is 2. The summed E-state index contributed by atoms with van der Waals surface area (Å²) in [6.45, 7) is 0. The molecule has 1 saturated heterocycles. The highest BCUT2D eigenvalue weighted by Crippen LogP contribution is 2.35. The SMILES string of the molecule is CN1C(=O)CC[C@@H](C(=O)O)[C@@H]1c1cn[nH]c1. The molecule has 6 heteroatoms. The van der Waals surface area contributed by atoms with Crippen LogP contribution in [0.4, 0.5) is 0 Å².